The summed E-state index contributed by atoms with van der Waals surface area (Å²) in [5.41, 5.74) is -0.789. The summed E-state index contributed by atoms with van der Waals surface area (Å²) >= 11 is 0. The van der Waals surface area contributed by atoms with Crippen LogP contribution in [0.5, 0.6) is 23.0 Å². The Morgan fingerprint density at radius 2 is 1.77 bits per heavy atom. The molecule has 2 heterocycles. The molecule has 1 N–H and O–H groups in total. The number of alkyl halides is 5. The number of carboxylic acid groups (broad SMARTS) is 1. The third-order valence-electron chi connectivity index (χ3n) is 7.20. The average molecular weight is 621 g/mol. The molecule has 0 fully saturated rings. The second-order valence-corrected chi connectivity index (χ2v) is 10.2. The maximum atomic E-state index is 14.8. The predicted molar refractivity (Wildman–Crippen MR) is 140 cm³/mol. The molecule has 0 amide bonds. The maximum Gasteiger partial charge on any atom is 0.586 e. The predicted octanol–water partition coefficient (Wildman–Crippen LogP) is 7.65. The highest BCUT2D eigenvalue weighted by Crippen LogP contribution is 2.44. The van der Waals surface area contributed by atoms with E-state index in [2.05, 4.69) is 14.6 Å². The molecule has 4 aromatic rings. The summed E-state index contributed by atoms with van der Waals surface area (Å²) in [7, 11) is 0. The monoisotopic (exact) mass is 620 g/mol. The Morgan fingerprint density at radius 1 is 1.07 bits per heavy atom. The first-order valence-electron chi connectivity index (χ1n) is 13.3. The molecule has 14 heteroatoms. The van der Waals surface area contributed by atoms with E-state index < -0.39 is 47.9 Å². The fraction of sp³-hybridized carbons (Fsp3) is 0.267. The van der Waals surface area contributed by atoms with Crippen molar-refractivity contribution in [3.8, 4) is 28.7 Å². The SMILES string of the molecule is CC(Oc1cccc(-n2nc(C(F)(F)F)c3c2C(Oc2ccc(C(=O)O)cc2)CCC3)c1)c1cc2c(cc1F)OC(F)(F)O2. The van der Waals surface area contributed by atoms with Gasteiger partial charge in [-0.05, 0) is 68.7 Å². The Labute approximate surface area is 245 Å². The van der Waals surface area contributed by atoms with E-state index >= 15 is 0 Å². The van der Waals surface area contributed by atoms with Gasteiger partial charge in [-0.3, -0.25) is 0 Å². The first kappa shape index (κ1) is 29.2. The molecule has 1 aliphatic carbocycles. The van der Waals surface area contributed by atoms with E-state index in [1.165, 1.54) is 55.5 Å². The second kappa shape index (κ2) is 10.7. The summed E-state index contributed by atoms with van der Waals surface area (Å²) in [6.45, 7) is 1.46. The number of ether oxygens (including phenoxy) is 4. The third-order valence-corrected chi connectivity index (χ3v) is 7.20. The zero-order valence-corrected chi connectivity index (χ0v) is 22.7. The zero-order valence-electron chi connectivity index (χ0n) is 22.7. The van der Waals surface area contributed by atoms with Crippen molar-refractivity contribution in [1.82, 2.24) is 9.78 Å². The summed E-state index contributed by atoms with van der Waals surface area (Å²) in [6, 6.07) is 13.2. The molecule has 44 heavy (non-hydrogen) atoms. The van der Waals surface area contributed by atoms with E-state index in [9.17, 15) is 31.1 Å². The lowest BCUT2D eigenvalue weighted by atomic mass is 9.93. The lowest BCUT2D eigenvalue weighted by molar-refractivity contribution is -0.286. The van der Waals surface area contributed by atoms with Gasteiger partial charge in [-0.1, -0.05) is 6.07 Å². The standard InChI is InChI=1S/C30H22F6N2O6/c1-15(21-13-24-25(14-22(21)31)44-30(35,36)43-24)41-19-5-2-4-17(12-19)38-26-20(27(37-38)29(32,33)34)6-3-7-23(26)42-18-10-8-16(9-11-18)28(39)40/h2,4-5,8-15,23H,3,6-7H2,1H3,(H,39,40). The number of hydrogen-bond acceptors (Lipinski definition) is 6. The highest BCUT2D eigenvalue weighted by atomic mass is 19.4. The van der Waals surface area contributed by atoms with Crippen LogP contribution < -0.4 is 18.9 Å². The number of nitrogens with zero attached hydrogens (tertiary/aromatic N) is 2. The number of fused-ring (bicyclic) bond motifs is 2. The van der Waals surface area contributed by atoms with Crippen LogP contribution in [-0.4, -0.2) is 27.2 Å². The number of halogens is 6. The van der Waals surface area contributed by atoms with Crippen molar-refractivity contribution in [2.24, 2.45) is 0 Å². The van der Waals surface area contributed by atoms with Crippen LogP contribution >= 0.6 is 0 Å². The Hall–Kier alpha value is -4.88. The van der Waals surface area contributed by atoms with Crippen molar-refractivity contribution in [3.63, 3.8) is 0 Å². The summed E-state index contributed by atoms with van der Waals surface area (Å²) in [4.78, 5) is 11.2. The number of carbonyl (C=O) groups is 1. The van der Waals surface area contributed by atoms with Crippen LogP contribution in [0.4, 0.5) is 26.3 Å². The normalized spacial score (nSPS) is 17.6. The highest BCUT2D eigenvalue weighted by molar-refractivity contribution is 5.87. The van der Waals surface area contributed by atoms with Gasteiger partial charge < -0.3 is 24.1 Å². The minimum atomic E-state index is -4.75. The smallest absolute Gasteiger partial charge is 0.486 e. The number of rotatable bonds is 7. The third kappa shape index (κ3) is 5.58. The molecule has 6 rings (SSSR count). The van der Waals surface area contributed by atoms with Gasteiger partial charge in [0.2, 0.25) is 0 Å². The van der Waals surface area contributed by atoms with E-state index in [0.717, 1.165) is 16.8 Å². The van der Waals surface area contributed by atoms with Crippen molar-refractivity contribution in [1.29, 1.82) is 0 Å². The molecule has 0 saturated heterocycles. The molecule has 0 saturated carbocycles. The average Bonchev–Trinajstić information content (AvgIpc) is 3.50. The van der Waals surface area contributed by atoms with Crippen molar-refractivity contribution in [3.05, 3.63) is 94.6 Å². The fourth-order valence-electron chi connectivity index (χ4n) is 5.28. The summed E-state index contributed by atoms with van der Waals surface area (Å²) in [5, 5.41) is 13.1. The van der Waals surface area contributed by atoms with Crippen molar-refractivity contribution >= 4 is 5.97 Å². The molecule has 2 atom stereocenters. The Kier molecular flexibility index (Phi) is 7.09. The summed E-state index contributed by atoms with van der Waals surface area (Å²) in [5.74, 6) is -2.47. The summed E-state index contributed by atoms with van der Waals surface area (Å²) in [6.07, 6.45) is -9.69. The van der Waals surface area contributed by atoms with Crippen molar-refractivity contribution < 1.29 is 55.2 Å². The molecule has 230 valence electrons. The zero-order chi connectivity index (χ0) is 31.4. The Morgan fingerprint density at radius 3 is 2.45 bits per heavy atom. The Bertz CT molecular complexity index is 1740. The van der Waals surface area contributed by atoms with Gasteiger partial charge in [0.25, 0.3) is 0 Å². The van der Waals surface area contributed by atoms with Gasteiger partial charge in [0.1, 0.15) is 29.5 Å². The minimum Gasteiger partial charge on any atom is -0.486 e. The van der Waals surface area contributed by atoms with Gasteiger partial charge in [-0.15, -0.1) is 8.78 Å². The summed E-state index contributed by atoms with van der Waals surface area (Å²) < 4.78 is 106. The minimum absolute atomic E-state index is 0.0187. The van der Waals surface area contributed by atoms with Crippen LogP contribution in [0.15, 0.2) is 60.7 Å². The van der Waals surface area contributed by atoms with E-state index in [-0.39, 0.29) is 51.7 Å². The van der Waals surface area contributed by atoms with Crippen LogP contribution in [0.1, 0.15) is 64.8 Å². The molecule has 2 unspecified atom stereocenters. The molecule has 0 spiro atoms. The topological polar surface area (TPSA) is 92.0 Å². The number of carboxylic acids is 1. The van der Waals surface area contributed by atoms with Gasteiger partial charge in [0, 0.05) is 23.3 Å². The van der Waals surface area contributed by atoms with Crippen LogP contribution in [0.25, 0.3) is 5.69 Å². The quantitative estimate of drug-likeness (QED) is 0.212. The number of hydrogen-bond donors (Lipinski definition) is 1. The van der Waals surface area contributed by atoms with Crippen LogP contribution in [0.2, 0.25) is 0 Å². The van der Waals surface area contributed by atoms with E-state index in [1.807, 2.05) is 0 Å². The molecule has 1 aliphatic heterocycles. The van der Waals surface area contributed by atoms with Gasteiger partial charge in [0.15, 0.2) is 17.2 Å². The molecule has 0 radical (unpaired) electrons. The van der Waals surface area contributed by atoms with Crippen LogP contribution in [-0.2, 0) is 12.6 Å². The van der Waals surface area contributed by atoms with Gasteiger partial charge in [0.05, 0.1) is 16.9 Å². The van der Waals surface area contributed by atoms with E-state index in [4.69, 9.17) is 14.6 Å². The van der Waals surface area contributed by atoms with Crippen LogP contribution in [0.3, 0.4) is 0 Å². The molecule has 3 aromatic carbocycles. The number of aromatic carboxylic acids is 1. The Balaban J connectivity index is 1.32. The van der Waals surface area contributed by atoms with Gasteiger partial charge in [-0.2, -0.15) is 18.3 Å². The van der Waals surface area contributed by atoms with E-state index in [0.29, 0.717) is 12.8 Å². The molecule has 8 nitrogen and oxygen atoms in total. The number of benzene rings is 3. The van der Waals surface area contributed by atoms with Crippen molar-refractivity contribution in [2.75, 3.05) is 0 Å². The second-order valence-electron chi connectivity index (χ2n) is 10.2. The van der Waals surface area contributed by atoms with E-state index in [1.54, 1.807) is 0 Å². The first-order valence-corrected chi connectivity index (χ1v) is 13.3. The fourth-order valence-corrected chi connectivity index (χ4v) is 5.28. The molecular weight excluding hydrogens is 598 g/mol. The number of aromatic nitrogens is 2. The highest BCUT2D eigenvalue weighted by Gasteiger charge is 2.44. The lowest BCUT2D eigenvalue weighted by Crippen LogP contribution is -2.25. The lowest BCUT2D eigenvalue weighted by Gasteiger charge is -2.26. The van der Waals surface area contributed by atoms with Gasteiger partial charge in [-0.25, -0.2) is 13.9 Å². The molecule has 2 aliphatic rings. The molecular formula is C30H22F6N2O6. The molecule has 0 bridgehead atoms. The van der Waals surface area contributed by atoms with Crippen LogP contribution in [0, 0.1) is 5.82 Å². The molecule has 1 aromatic heterocycles. The largest absolute Gasteiger partial charge is 0.586 e. The maximum absolute atomic E-state index is 14.8. The van der Waals surface area contributed by atoms with Crippen molar-refractivity contribution in [2.45, 2.75) is 50.9 Å². The first-order chi connectivity index (χ1) is 20.8. The van der Waals surface area contributed by atoms with Gasteiger partial charge >= 0.3 is 18.4 Å².